The topological polar surface area (TPSA) is 35.5 Å². The van der Waals surface area contributed by atoms with Crippen molar-refractivity contribution in [2.75, 3.05) is 20.1 Å². The van der Waals surface area contributed by atoms with Crippen LogP contribution in [0.2, 0.25) is 0 Å². The number of nitrogens with one attached hydrogen (secondary N) is 1. The van der Waals surface area contributed by atoms with Crippen molar-refractivity contribution in [3.63, 3.8) is 0 Å². The van der Waals surface area contributed by atoms with E-state index in [-0.39, 0.29) is 6.61 Å². The molecule has 1 fully saturated rings. The highest BCUT2D eigenvalue weighted by atomic mass is 16.3. The molecule has 2 rings (SSSR count). The fourth-order valence-electron chi connectivity index (χ4n) is 3.05. The van der Waals surface area contributed by atoms with Gasteiger partial charge in [-0.05, 0) is 37.1 Å². The molecule has 1 saturated heterocycles. The van der Waals surface area contributed by atoms with Gasteiger partial charge in [0.2, 0.25) is 0 Å². The maximum Gasteiger partial charge on any atom is 0.0681 e. The van der Waals surface area contributed by atoms with E-state index in [0.717, 1.165) is 18.0 Å². The van der Waals surface area contributed by atoms with E-state index in [1.54, 1.807) is 0 Å². The molecule has 0 saturated carbocycles. The maximum atomic E-state index is 9.06. The lowest BCUT2D eigenvalue weighted by molar-refractivity contribution is 0.132. The summed E-state index contributed by atoms with van der Waals surface area (Å²) in [5.41, 5.74) is 2.33. The Hall–Kier alpha value is -0.900. The molecule has 1 aromatic carbocycles. The number of hydrogen-bond acceptors (Lipinski definition) is 3. The Kier molecular flexibility index (Phi) is 5.37. The predicted molar refractivity (Wildman–Crippen MR) is 78.9 cm³/mol. The van der Waals surface area contributed by atoms with Gasteiger partial charge in [-0.2, -0.15) is 0 Å². The molecule has 0 radical (unpaired) electrons. The van der Waals surface area contributed by atoms with Crippen LogP contribution in [0, 0.1) is 5.92 Å². The molecule has 2 N–H and O–H groups in total. The molecule has 3 heteroatoms. The second kappa shape index (κ2) is 7.04. The van der Waals surface area contributed by atoms with Gasteiger partial charge in [-0.15, -0.1) is 0 Å². The van der Waals surface area contributed by atoms with Crippen LogP contribution >= 0.6 is 0 Å². The van der Waals surface area contributed by atoms with E-state index >= 15 is 0 Å². The highest BCUT2D eigenvalue weighted by molar-refractivity contribution is 5.22. The monoisotopic (exact) mass is 262 g/mol. The first-order chi connectivity index (χ1) is 9.26. The van der Waals surface area contributed by atoms with Gasteiger partial charge in [-0.25, -0.2) is 0 Å². The Bertz CT molecular complexity index is 377. The molecule has 1 aliphatic heterocycles. The minimum atomic E-state index is 0.131. The second-order valence-corrected chi connectivity index (χ2v) is 5.56. The minimum absolute atomic E-state index is 0.131. The van der Waals surface area contributed by atoms with Gasteiger partial charge < -0.3 is 10.4 Å². The molecule has 1 aromatic rings. The fraction of sp³-hybridized carbons (Fsp3) is 0.625. The molecule has 1 heterocycles. The Labute approximate surface area is 116 Å². The zero-order chi connectivity index (χ0) is 13.7. The van der Waals surface area contributed by atoms with Crippen LogP contribution in [0.15, 0.2) is 24.3 Å². The van der Waals surface area contributed by atoms with Gasteiger partial charge in [-0.3, -0.25) is 4.90 Å². The van der Waals surface area contributed by atoms with Gasteiger partial charge in [-0.1, -0.05) is 37.6 Å². The quantitative estimate of drug-likeness (QED) is 0.852. The lowest BCUT2D eigenvalue weighted by Crippen LogP contribution is -2.47. The van der Waals surface area contributed by atoms with E-state index in [1.165, 1.54) is 31.5 Å². The van der Waals surface area contributed by atoms with E-state index < -0.39 is 0 Å². The summed E-state index contributed by atoms with van der Waals surface area (Å²) in [4.78, 5) is 2.55. The number of likely N-dealkylation sites (tertiary alicyclic amines) is 1. The Morgan fingerprint density at radius 1 is 1.26 bits per heavy atom. The molecule has 0 aliphatic carbocycles. The molecule has 106 valence electrons. The van der Waals surface area contributed by atoms with Crippen LogP contribution < -0.4 is 5.32 Å². The van der Waals surface area contributed by atoms with Crippen molar-refractivity contribution in [2.24, 2.45) is 5.92 Å². The average Bonchev–Trinajstić information content (AvgIpc) is 2.48. The smallest absolute Gasteiger partial charge is 0.0681 e. The molecular weight excluding hydrogens is 236 g/mol. The molecular formula is C16H26N2O. The zero-order valence-corrected chi connectivity index (χ0v) is 12.1. The van der Waals surface area contributed by atoms with Crippen molar-refractivity contribution >= 4 is 0 Å². The third-order valence-electron chi connectivity index (χ3n) is 4.32. The number of aliphatic hydroxyl groups excluding tert-OH is 1. The first-order valence-electron chi connectivity index (χ1n) is 7.35. The van der Waals surface area contributed by atoms with E-state index in [4.69, 9.17) is 5.11 Å². The van der Waals surface area contributed by atoms with Crippen molar-refractivity contribution in [2.45, 2.75) is 39.0 Å². The highest BCUT2D eigenvalue weighted by Gasteiger charge is 2.26. The molecule has 2 atom stereocenters. The van der Waals surface area contributed by atoms with Crippen molar-refractivity contribution < 1.29 is 5.11 Å². The molecule has 1 aliphatic rings. The largest absolute Gasteiger partial charge is 0.392 e. The third-order valence-corrected chi connectivity index (χ3v) is 4.32. The summed E-state index contributed by atoms with van der Waals surface area (Å²) in [6.07, 6.45) is 2.48. The first-order valence-corrected chi connectivity index (χ1v) is 7.35. The first kappa shape index (κ1) is 14.5. The molecule has 3 nitrogen and oxygen atoms in total. The molecule has 0 bridgehead atoms. The van der Waals surface area contributed by atoms with Crippen LogP contribution in [0.4, 0.5) is 0 Å². The van der Waals surface area contributed by atoms with Crippen LogP contribution in [0.1, 0.15) is 30.9 Å². The summed E-state index contributed by atoms with van der Waals surface area (Å²) >= 11 is 0. The number of aliphatic hydroxyl groups is 1. The maximum absolute atomic E-state index is 9.06. The number of rotatable bonds is 5. The van der Waals surface area contributed by atoms with Gasteiger partial charge in [0, 0.05) is 19.1 Å². The van der Waals surface area contributed by atoms with Gasteiger partial charge in [0.05, 0.1) is 6.61 Å². The Morgan fingerprint density at radius 3 is 2.53 bits per heavy atom. The molecule has 0 aromatic heterocycles. The van der Waals surface area contributed by atoms with Gasteiger partial charge in [0.15, 0.2) is 0 Å². The fourth-order valence-corrected chi connectivity index (χ4v) is 3.05. The van der Waals surface area contributed by atoms with Crippen LogP contribution in [0.3, 0.4) is 0 Å². The van der Waals surface area contributed by atoms with Crippen molar-refractivity contribution in [3.05, 3.63) is 35.4 Å². The summed E-state index contributed by atoms with van der Waals surface area (Å²) < 4.78 is 0. The van der Waals surface area contributed by atoms with Gasteiger partial charge >= 0.3 is 0 Å². The Morgan fingerprint density at radius 2 is 1.95 bits per heavy atom. The standard InChI is InChI=1S/C16H26N2O/c1-3-15-11-18(9-8-16(15)17-2)10-13-4-6-14(12-19)7-5-13/h4-7,15-17,19H,3,8-12H2,1-2H3. The van der Waals surface area contributed by atoms with Crippen molar-refractivity contribution in [1.82, 2.24) is 10.2 Å². The van der Waals surface area contributed by atoms with Crippen LogP contribution in [0.5, 0.6) is 0 Å². The summed E-state index contributed by atoms with van der Waals surface area (Å²) in [6, 6.07) is 8.99. The second-order valence-electron chi connectivity index (χ2n) is 5.56. The SMILES string of the molecule is CCC1CN(Cc2ccc(CO)cc2)CCC1NC. The van der Waals surface area contributed by atoms with E-state index in [2.05, 4.69) is 36.3 Å². The summed E-state index contributed by atoms with van der Waals surface area (Å²) in [7, 11) is 2.08. The van der Waals surface area contributed by atoms with E-state index in [1.807, 2.05) is 12.1 Å². The van der Waals surface area contributed by atoms with Crippen LogP contribution in [-0.2, 0) is 13.2 Å². The summed E-state index contributed by atoms with van der Waals surface area (Å²) in [6.45, 7) is 5.80. The van der Waals surface area contributed by atoms with Crippen LogP contribution in [0.25, 0.3) is 0 Å². The van der Waals surface area contributed by atoms with E-state index in [0.29, 0.717) is 6.04 Å². The van der Waals surface area contributed by atoms with E-state index in [9.17, 15) is 0 Å². The average molecular weight is 262 g/mol. The number of hydrogen-bond donors (Lipinski definition) is 2. The summed E-state index contributed by atoms with van der Waals surface area (Å²) in [5.74, 6) is 0.760. The van der Waals surface area contributed by atoms with Crippen molar-refractivity contribution in [1.29, 1.82) is 0 Å². The molecule has 2 unspecified atom stereocenters. The van der Waals surface area contributed by atoms with Crippen LogP contribution in [-0.4, -0.2) is 36.2 Å². The normalized spacial score (nSPS) is 24.6. The lowest BCUT2D eigenvalue weighted by Gasteiger charge is -2.38. The summed E-state index contributed by atoms with van der Waals surface area (Å²) in [5, 5.41) is 12.5. The minimum Gasteiger partial charge on any atom is -0.392 e. The predicted octanol–water partition coefficient (Wildman–Crippen LogP) is 2.00. The van der Waals surface area contributed by atoms with Gasteiger partial charge in [0.25, 0.3) is 0 Å². The third kappa shape index (κ3) is 3.78. The van der Waals surface area contributed by atoms with Crippen molar-refractivity contribution in [3.8, 4) is 0 Å². The Balaban J connectivity index is 1.92. The zero-order valence-electron chi connectivity index (χ0n) is 12.1. The number of benzene rings is 1. The number of piperidine rings is 1. The highest BCUT2D eigenvalue weighted by Crippen LogP contribution is 2.21. The number of nitrogens with zero attached hydrogens (tertiary/aromatic N) is 1. The lowest BCUT2D eigenvalue weighted by atomic mass is 9.90. The molecule has 0 spiro atoms. The molecule has 0 amide bonds. The van der Waals surface area contributed by atoms with Gasteiger partial charge in [0.1, 0.15) is 0 Å². The molecule has 19 heavy (non-hydrogen) atoms.